The molecule has 0 unspecified atom stereocenters. The first-order valence-corrected chi connectivity index (χ1v) is 20.1. The molecule has 9 aromatic rings. The first kappa shape index (κ1) is 33.9. The molecule has 0 amide bonds. The maximum absolute atomic E-state index is 4.19. The summed E-state index contributed by atoms with van der Waals surface area (Å²) in [5.74, 6) is 0. The zero-order valence-electron chi connectivity index (χ0n) is 30.6. The fraction of sp³-hybridized carbons (Fsp3) is 0.0800. The molecule has 0 aliphatic heterocycles. The molecule has 3 heterocycles. The second-order valence-electron chi connectivity index (χ2n) is 14.8. The van der Waals surface area contributed by atoms with Gasteiger partial charge in [-0.1, -0.05) is 112 Å². The average molecular weight is 733 g/mol. The predicted octanol–water partition coefficient (Wildman–Crippen LogP) is 15.0. The lowest BCUT2D eigenvalue weighted by atomic mass is 9.86. The molecule has 3 aromatic heterocycles. The largest absolute Gasteiger partial charge is 0.356 e. The zero-order valence-corrected chi connectivity index (χ0v) is 32.3. The number of thiophene rings is 2. The standard InChI is InChI=1S/C50H40N2S2/c1-5-37(31-44-41-16-10-12-18-48(41)54-49(44)28-22-35-32-53-47-17-11-9-15-40(35)47)51-38-24-19-33(20-25-38)34-21-26-45-42(29-34)43-30-36(50(2,3)4)23-27-46(43)52(45)39-13-7-6-8-14-39/h5-32,51H,1H2,2-4H3/b28-22-,37-31-. The Morgan fingerprint density at radius 1 is 0.648 bits per heavy atom. The van der Waals surface area contributed by atoms with Crippen molar-refractivity contribution in [1.82, 2.24) is 4.57 Å². The lowest BCUT2D eigenvalue weighted by Crippen LogP contribution is -2.10. The zero-order chi connectivity index (χ0) is 36.8. The van der Waals surface area contributed by atoms with E-state index in [0.29, 0.717) is 0 Å². The third-order valence-corrected chi connectivity index (χ3v) is 12.4. The number of para-hydroxylation sites is 1. The fourth-order valence-corrected chi connectivity index (χ4v) is 9.40. The number of allylic oxidation sites excluding steroid dienone is 1. The maximum Gasteiger partial charge on any atom is 0.0541 e. The molecule has 6 aromatic carbocycles. The fourth-order valence-electron chi connectivity index (χ4n) is 7.39. The van der Waals surface area contributed by atoms with Crippen LogP contribution in [0.1, 0.15) is 42.3 Å². The van der Waals surface area contributed by atoms with Crippen molar-refractivity contribution in [1.29, 1.82) is 0 Å². The number of rotatable bonds is 8. The molecule has 54 heavy (non-hydrogen) atoms. The molecule has 1 N–H and O–H groups in total. The van der Waals surface area contributed by atoms with Crippen LogP contribution >= 0.6 is 22.7 Å². The highest BCUT2D eigenvalue weighted by Crippen LogP contribution is 2.39. The van der Waals surface area contributed by atoms with E-state index in [2.05, 4.69) is 200 Å². The van der Waals surface area contributed by atoms with Crippen molar-refractivity contribution < 1.29 is 0 Å². The van der Waals surface area contributed by atoms with Gasteiger partial charge in [-0.3, -0.25) is 0 Å². The Labute approximate surface area is 324 Å². The second kappa shape index (κ2) is 13.8. The summed E-state index contributed by atoms with van der Waals surface area (Å²) in [6, 6.07) is 50.5. The number of nitrogens with zero attached hydrogens (tertiary/aromatic N) is 1. The quantitative estimate of drug-likeness (QED) is 0.154. The van der Waals surface area contributed by atoms with Crippen LogP contribution in [0.2, 0.25) is 0 Å². The Kier molecular flexibility index (Phi) is 8.65. The van der Waals surface area contributed by atoms with Crippen molar-refractivity contribution >= 4 is 88.6 Å². The maximum atomic E-state index is 4.19. The lowest BCUT2D eigenvalue weighted by molar-refractivity contribution is 0.591. The van der Waals surface area contributed by atoms with Crippen LogP contribution in [0.15, 0.2) is 163 Å². The smallest absolute Gasteiger partial charge is 0.0541 e. The molecular weight excluding hydrogens is 693 g/mol. The van der Waals surface area contributed by atoms with Gasteiger partial charge < -0.3 is 9.88 Å². The molecule has 0 saturated carbocycles. The number of fused-ring (bicyclic) bond motifs is 5. The molecule has 0 aliphatic rings. The van der Waals surface area contributed by atoms with Crippen molar-refractivity contribution in [3.05, 3.63) is 185 Å². The van der Waals surface area contributed by atoms with Gasteiger partial charge in [-0.15, -0.1) is 22.7 Å². The number of hydrogen-bond acceptors (Lipinski definition) is 3. The second-order valence-corrected chi connectivity index (χ2v) is 16.8. The van der Waals surface area contributed by atoms with Crippen LogP contribution in [0.4, 0.5) is 5.69 Å². The number of nitrogens with one attached hydrogen (secondary N) is 1. The van der Waals surface area contributed by atoms with Crippen molar-refractivity contribution in [2.45, 2.75) is 26.2 Å². The minimum atomic E-state index is 0.0583. The molecule has 0 radical (unpaired) electrons. The summed E-state index contributed by atoms with van der Waals surface area (Å²) < 4.78 is 4.97. The predicted molar refractivity (Wildman–Crippen MR) is 239 cm³/mol. The molecule has 0 aliphatic carbocycles. The summed E-state index contributed by atoms with van der Waals surface area (Å²) in [7, 11) is 0. The first-order valence-electron chi connectivity index (χ1n) is 18.4. The Morgan fingerprint density at radius 3 is 2.07 bits per heavy atom. The van der Waals surface area contributed by atoms with Crippen LogP contribution in [0.5, 0.6) is 0 Å². The van der Waals surface area contributed by atoms with Crippen LogP contribution in [-0.4, -0.2) is 4.57 Å². The van der Waals surface area contributed by atoms with Gasteiger partial charge in [0.25, 0.3) is 0 Å². The van der Waals surface area contributed by atoms with E-state index in [1.807, 2.05) is 17.4 Å². The SMILES string of the molecule is C=C/C(=C/c1c(/C=C\c2csc3ccccc23)sc2ccccc12)Nc1ccc(-c2ccc3c(c2)c2cc(C(C)(C)C)ccc2n3-c2ccccc2)cc1. The highest BCUT2D eigenvalue weighted by atomic mass is 32.1. The monoisotopic (exact) mass is 732 g/mol. The van der Waals surface area contributed by atoms with Gasteiger partial charge in [0.15, 0.2) is 0 Å². The minimum Gasteiger partial charge on any atom is -0.356 e. The Hall–Kier alpha value is -5.94. The van der Waals surface area contributed by atoms with Crippen LogP contribution in [0.25, 0.3) is 77.0 Å². The van der Waals surface area contributed by atoms with Crippen molar-refractivity contribution in [2.75, 3.05) is 5.32 Å². The van der Waals surface area contributed by atoms with E-state index < -0.39 is 0 Å². The van der Waals surface area contributed by atoms with Crippen LogP contribution < -0.4 is 5.32 Å². The van der Waals surface area contributed by atoms with Gasteiger partial charge in [-0.2, -0.15) is 0 Å². The van der Waals surface area contributed by atoms with Gasteiger partial charge in [0.1, 0.15) is 0 Å². The van der Waals surface area contributed by atoms with E-state index in [4.69, 9.17) is 0 Å². The van der Waals surface area contributed by atoms with Crippen molar-refractivity contribution in [3.63, 3.8) is 0 Å². The highest BCUT2D eigenvalue weighted by molar-refractivity contribution is 7.20. The van der Waals surface area contributed by atoms with Crippen LogP contribution in [-0.2, 0) is 5.41 Å². The van der Waals surface area contributed by atoms with E-state index in [0.717, 1.165) is 11.4 Å². The summed E-state index contributed by atoms with van der Waals surface area (Å²) in [4.78, 5) is 1.22. The summed E-state index contributed by atoms with van der Waals surface area (Å²) in [6.07, 6.45) is 8.65. The summed E-state index contributed by atoms with van der Waals surface area (Å²) in [5.41, 5.74) is 11.8. The lowest BCUT2D eigenvalue weighted by Gasteiger charge is -2.19. The number of hydrogen-bond donors (Lipinski definition) is 1. The van der Waals surface area contributed by atoms with Crippen molar-refractivity contribution in [3.8, 4) is 16.8 Å². The summed E-state index contributed by atoms with van der Waals surface area (Å²) in [6.45, 7) is 11.0. The Morgan fingerprint density at radius 2 is 1.31 bits per heavy atom. The average Bonchev–Trinajstić information content (AvgIpc) is 3.88. The summed E-state index contributed by atoms with van der Waals surface area (Å²) in [5, 5.41) is 11.0. The van der Waals surface area contributed by atoms with E-state index in [9.17, 15) is 0 Å². The summed E-state index contributed by atoms with van der Waals surface area (Å²) >= 11 is 3.61. The van der Waals surface area contributed by atoms with E-state index >= 15 is 0 Å². The van der Waals surface area contributed by atoms with Gasteiger partial charge in [-0.05, 0) is 117 Å². The van der Waals surface area contributed by atoms with Gasteiger partial charge in [0, 0.05) is 53.1 Å². The van der Waals surface area contributed by atoms with Gasteiger partial charge in [-0.25, -0.2) is 0 Å². The number of benzene rings is 6. The third kappa shape index (κ3) is 6.28. The molecule has 0 saturated heterocycles. The number of aromatic nitrogens is 1. The topological polar surface area (TPSA) is 17.0 Å². The molecule has 9 rings (SSSR count). The molecule has 0 fully saturated rings. The van der Waals surface area contributed by atoms with Gasteiger partial charge >= 0.3 is 0 Å². The molecule has 262 valence electrons. The Bertz CT molecular complexity index is 2890. The molecule has 0 spiro atoms. The van der Waals surface area contributed by atoms with Crippen LogP contribution in [0, 0.1) is 0 Å². The number of anilines is 1. The van der Waals surface area contributed by atoms with Crippen LogP contribution in [0.3, 0.4) is 0 Å². The molecule has 4 heteroatoms. The Balaban J connectivity index is 1.04. The molecule has 0 atom stereocenters. The third-order valence-electron chi connectivity index (χ3n) is 10.3. The van der Waals surface area contributed by atoms with Crippen molar-refractivity contribution in [2.24, 2.45) is 0 Å². The van der Waals surface area contributed by atoms with E-state index in [1.165, 1.54) is 80.4 Å². The molecular formula is C50H40N2S2. The molecule has 0 bridgehead atoms. The van der Waals surface area contributed by atoms with Gasteiger partial charge in [0.2, 0.25) is 0 Å². The van der Waals surface area contributed by atoms with E-state index in [-0.39, 0.29) is 5.41 Å². The van der Waals surface area contributed by atoms with Gasteiger partial charge in [0.05, 0.1) is 11.0 Å². The molecule has 2 nitrogen and oxygen atoms in total. The van der Waals surface area contributed by atoms with E-state index in [1.54, 1.807) is 11.3 Å². The minimum absolute atomic E-state index is 0.0583. The first-order chi connectivity index (χ1) is 26.3. The normalized spacial score (nSPS) is 12.5. The highest BCUT2D eigenvalue weighted by Gasteiger charge is 2.19.